The molecule has 1 aromatic heterocycles. The van der Waals surface area contributed by atoms with Gasteiger partial charge in [0.15, 0.2) is 0 Å². The molecule has 0 unspecified atom stereocenters. The summed E-state index contributed by atoms with van der Waals surface area (Å²) in [5.41, 5.74) is 4.00. The summed E-state index contributed by atoms with van der Waals surface area (Å²) in [4.78, 5) is 11.4. The highest BCUT2D eigenvalue weighted by molar-refractivity contribution is 7.10. The fourth-order valence-electron chi connectivity index (χ4n) is 1.78. The van der Waals surface area contributed by atoms with Crippen LogP contribution in [-0.4, -0.2) is 6.41 Å². The quantitative estimate of drug-likeness (QED) is 0.806. The highest BCUT2D eigenvalue weighted by Crippen LogP contribution is 2.19. The zero-order valence-corrected chi connectivity index (χ0v) is 10.6. The van der Waals surface area contributed by atoms with Crippen LogP contribution in [0, 0.1) is 6.92 Å². The van der Waals surface area contributed by atoms with Crippen LogP contribution in [0.1, 0.15) is 21.6 Å². The van der Waals surface area contributed by atoms with Crippen LogP contribution in [0.15, 0.2) is 35.7 Å². The highest BCUT2D eigenvalue weighted by atomic mass is 32.1. The van der Waals surface area contributed by atoms with E-state index >= 15 is 0 Å². The molecule has 0 aliphatic carbocycles. The van der Waals surface area contributed by atoms with Crippen LogP contribution in [0.5, 0.6) is 0 Å². The third-order valence-corrected chi connectivity index (χ3v) is 3.71. The van der Waals surface area contributed by atoms with Gasteiger partial charge in [0.25, 0.3) is 0 Å². The smallest absolute Gasteiger partial charge is 0.207 e. The number of carbonyl (C=O) groups excluding carboxylic acids is 1. The average Bonchev–Trinajstić information content (AvgIpc) is 2.77. The Balaban J connectivity index is 2.06. The molecule has 1 N–H and O–H groups in total. The van der Waals surface area contributed by atoms with Gasteiger partial charge in [0.2, 0.25) is 6.41 Å². The molecule has 1 amide bonds. The van der Waals surface area contributed by atoms with Crippen LogP contribution < -0.4 is 5.32 Å². The second kappa shape index (κ2) is 5.64. The molecule has 0 aliphatic rings. The zero-order valence-electron chi connectivity index (χ0n) is 9.77. The van der Waals surface area contributed by atoms with Gasteiger partial charge in [0.1, 0.15) is 0 Å². The average molecular weight is 245 g/mol. The lowest BCUT2D eigenvalue weighted by molar-refractivity contribution is -0.109. The number of rotatable bonds is 5. The van der Waals surface area contributed by atoms with Crippen LogP contribution >= 0.6 is 11.3 Å². The van der Waals surface area contributed by atoms with E-state index in [9.17, 15) is 4.79 Å². The molecule has 1 heterocycles. The summed E-state index contributed by atoms with van der Waals surface area (Å²) in [5.74, 6) is 0. The standard InChI is InChI=1S/C14H15NOS/c1-11-4-2-3-5-13(11)6-12-7-14(17-9-12)8-15-10-16/h2-5,7,9-10H,6,8H2,1H3,(H,15,16). The third kappa shape index (κ3) is 3.17. The van der Waals surface area contributed by atoms with Gasteiger partial charge in [0, 0.05) is 4.88 Å². The van der Waals surface area contributed by atoms with Gasteiger partial charge in [0.05, 0.1) is 6.54 Å². The largest absolute Gasteiger partial charge is 0.354 e. The molecule has 2 aromatic rings. The molecule has 0 radical (unpaired) electrons. The molecule has 0 atom stereocenters. The number of hydrogen-bond donors (Lipinski definition) is 1. The zero-order chi connectivity index (χ0) is 12.1. The molecule has 1 aromatic carbocycles. The molecule has 3 heteroatoms. The van der Waals surface area contributed by atoms with Crippen molar-refractivity contribution in [2.45, 2.75) is 19.9 Å². The summed E-state index contributed by atoms with van der Waals surface area (Å²) >= 11 is 1.69. The highest BCUT2D eigenvalue weighted by Gasteiger charge is 2.02. The normalized spacial score (nSPS) is 10.2. The number of thiophene rings is 1. The summed E-state index contributed by atoms with van der Waals surface area (Å²) in [6, 6.07) is 10.6. The summed E-state index contributed by atoms with van der Waals surface area (Å²) in [6.45, 7) is 2.76. The van der Waals surface area contributed by atoms with Gasteiger partial charge in [-0.2, -0.15) is 0 Å². The first kappa shape index (κ1) is 11.9. The molecular formula is C14H15NOS. The number of benzene rings is 1. The number of amides is 1. The Morgan fingerprint density at radius 1 is 1.35 bits per heavy atom. The van der Waals surface area contributed by atoms with E-state index in [2.05, 4.69) is 48.0 Å². The number of hydrogen-bond acceptors (Lipinski definition) is 2. The monoisotopic (exact) mass is 245 g/mol. The molecule has 0 aliphatic heterocycles. The fraction of sp³-hybridized carbons (Fsp3) is 0.214. The Morgan fingerprint density at radius 3 is 2.94 bits per heavy atom. The van der Waals surface area contributed by atoms with Crippen molar-refractivity contribution < 1.29 is 4.79 Å². The summed E-state index contributed by atoms with van der Waals surface area (Å²) < 4.78 is 0. The van der Waals surface area contributed by atoms with E-state index in [4.69, 9.17) is 0 Å². The van der Waals surface area contributed by atoms with Gasteiger partial charge in [-0.05, 0) is 41.5 Å². The Bertz CT molecular complexity index is 504. The van der Waals surface area contributed by atoms with Gasteiger partial charge in [-0.25, -0.2) is 0 Å². The molecule has 17 heavy (non-hydrogen) atoms. The molecule has 2 rings (SSSR count). The summed E-state index contributed by atoms with van der Waals surface area (Å²) in [6.07, 6.45) is 1.70. The van der Waals surface area contributed by atoms with Crippen molar-refractivity contribution in [1.29, 1.82) is 0 Å². The topological polar surface area (TPSA) is 29.1 Å². The minimum atomic E-state index is 0.627. The van der Waals surface area contributed by atoms with Crippen molar-refractivity contribution >= 4 is 17.7 Å². The number of carbonyl (C=O) groups is 1. The Hall–Kier alpha value is -1.61. The summed E-state index contributed by atoms with van der Waals surface area (Å²) in [7, 11) is 0. The van der Waals surface area contributed by atoms with Crippen molar-refractivity contribution in [3.8, 4) is 0 Å². The van der Waals surface area contributed by atoms with Crippen molar-refractivity contribution in [3.63, 3.8) is 0 Å². The maximum atomic E-state index is 10.2. The maximum Gasteiger partial charge on any atom is 0.207 e. The molecule has 0 saturated carbocycles. The first-order valence-electron chi connectivity index (χ1n) is 5.57. The molecule has 0 fully saturated rings. The van der Waals surface area contributed by atoms with E-state index in [1.165, 1.54) is 21.6 Å². The van der Waals surface area contributed by atoms with E-state index in [0.717, 1.165) is 12.8 Å². The van der Waals surface area contributed by atoms with E-state index in [1.54, 1.807) is 11.3 Å². The van der Waals surface area contributed by atoms with Crippen LogP contribution in [0.2, 0.25) is 0 Å². The number of aryl methyl sites for hydroxylation is 1. The lowest BCUT2D eigenvalue weighted by Gasteiger charge is -2.03. The molecule has 0 saturated heterocycles. The van der Waals surface area contributed by atoms with Gasteiger partial charge < -0.3 is 5.32 Å². The van der Waals surface area contributed by atoms with Crippen molar-refractivity contribution in [2.24, 2.45) is 0 Å². The SMILES string of the molecule is Cc1ccccc1Cc1csc(CNC=O)c1. The summed E-state index contributed by atoms with van der Waals surface area (Å²) in [5, 5.41) is 4.84. The van der Waals surface area contributed by atoms with E-state index < -0.39 is 0 Å². The van der Waals surface area contributed by atoms with Gasteiger partial charge in [-0.1, -0.05) is 24.3 Å². The molecule has 88 valence electrons. The van der Waals surface area contributed by atoms with Crippen LogP contribution in [-0.2, 0) is 17.8 Å². The molecule has 2 nitrogen and oxygen atoms in total. The Kier molecular flexibility index (Phi) is 3.94. The van der Waals surface area contributed by atoms with E-state index in [0.29, 0.717) is 6.54 Å². The van der Waals surface area contributed by atoms with Gasteiger partial charge in [-0.15, -0.1) is 11.3 Å². The predicted octanol–water partition coefficient (Wildman–Crippen LogP) is 2.89. The van der Waals surface area contributed by atoms with Gasteiger partial charge >= 0.3 is 0 Å². The second-order valence-corrected chi connectivity index (χ2v) is 5.02. The lowest BCUT2D eigenvalue weighted by atomic mass is 10.0. The molecular weight excluding hydrogens is 230 g/mol. The minimum absolute atomic E-state index is 0.627. The van der Waals surface area contributed by atoms with Crippen molar-refractivity contribution in [3.05, 3.63) is 57.3 Å². The third-order valence-electron chi connectivity index (χ3n) is 2.72. The second-order valence-electron chi connectivity index (χ2n) is 4.02. The first-order chi connectivity index (χ1) is 8.29. The van der Waals surface area contributed by atoms with Crippen LogP contribution in [0.4, 0.5) is 0 Å². The Morgan fingerprint density at radius 2 is 2.18 bits per heavy atom. The predicted molar refractivity (Wildman–Crippen MR) is 71.2 cm³/mol. The lowest BCUT2D eigenvalue weighted by Crippen LogP contribution is -2.08. The molecule has 0 spiro atoms. The maximum absolute atomic E-state index is 10.2. The van der Waals surface area contributed by atoms with Gasteiger partial charge in [-0.3, -0.25) is 4.79 Å². The van der Waals surface area contributed by atoms with Crippen molar-refractivity contribution in [1.82, 2.24) is 5.32 Å². The Labute approximate surface area is 105 Å². The van der Waals surface area contributed by atoms with Crippen LogP contribution in [0.25, 0.3) is 0 Å². The van der Waals surface area contributed by atoms with Crippen molar-refractivity contribution in [2.75, 3.05) is 0 Å². The van der Waals surface area contributed by atoms with E-state index in [-0.39, 0.29) is 0 Å². The van der Waals surface area contributed by atoms with E-state index in [1.807, 2.05) is 0 Å². The minimum Gasteiger partial charge on any atom is -0.354 e. The number of nitrogens with one attached hydrogen (secondary N) is 1. The molecule has 0 bridgehead atoms. The first-order valence-corrected chi connectivity index (χ1v) is 6.45. The van der Waals surface area contributed by atoms with Crippen LogP contribution in [0.3, 0.4) is 0 Å². The fourth-order valence-corrected chi connectivity index (χ4v) is 2.62.